The van der Waals surface area contributed by atoms with Crippen LogP contribution in [0.2, 0.25) is 0 Å². The van der Waals surface area contributed by atoms with Crippen LogP contribution in [0.4, 0.5) is 5.69 Å². The first kappa shape index (κ1) is 18.0. The fourth-order valence-electron chi connectivity index (χ4n) is 1.99. The van der Waals surface area contributed by atoms with Crippen LogP contribution in [0.5, 0.6) is 5.75 Å². The quantitative estimate of drug-likeness (QED) is 0.781. The molecule has 130 valence electrons. The van der Waals surface area contributed by atoms with E-state index < -0.39 is 23.9 Å². The Labute approximate surface area is 144 Å². The molecule has 0 saturated heterocycles. The van der Waals surface area contributed by atoms with Crippen molar-refractivity contribution in [2.24, 2.45) is 5.73 Å². The van der Waals surface area contributed by atoms with Crippen molar-refractivity contribution in [1.29, 1.82) is 0 Å². The molecule has 1 atom stereocenters. The van der Waals surface area contributed by atoms with Crippen molar-refractivity contribution in [3.05, 3.63) is 59.7 Å². The normalized spacial score (nSPS) is 11.3. The van der Waals surface area contributed by atoms with Gasteiger partial charge in [0.2, 0.25) is 0 Å². The fourth-order valence-corrected chi connectivity index (χ4v) is 1.99. The topological polar surface area (TPSA) is 108 Å². The Balaban J connectivity index is 2.18. The van der Waals surface area contributed by atoms with Crippen LogP contribution in [0.15, 0.2) is 48.5 Å². The Morgan fingerprint density at radius 3 is 2.28 bits per heavy atom. The Morgan fingerprint density at radius 1 is 1.04 bits per heavy atom. The maximum absolute atomic E-state index is 12.3. The number of primary amides is 1. The summed E-state index contributed by atoms with van der Waals surface area (Å²) in [5, 5.41) is 2.65. The highest BCUT2D eigenvalue weighted by molar-refractivity contribution is 6.08. The van der Waals surface area contributed by atoms with E-state index in [-0.39, 0.29) is 11.3 Å². The SMILES string of the molecule is COc1ccc(C(=O)Nc2ccccc2C(=O)O[C@H](C)C(N)=O)cc1. The zero-order valence-electron chi connectivity index (χ0n) is 13.8. The van der Waals surface area contributed by atoms with Gasteiger partial charge in [-0.15, -0.1) is 0 Å². The van der Waals surface area contributed by atoms with Crippen LogP contribution in [-0.4, -0.2) is 31.0 Å². The van der Waals surface area contributed by atoms with E-state index >= 15 is 0 Å². The van der Waals surface area contributed by atoms with Crippen LogP contribution >= 0.6 is 0 Å². The van der Waals surface area contributed by atoms with E-state index in [2.05, 4.69) is 5.32 Å². The molecule has 0 radical (unpaired) electrons. The number of rotatable bonds is 6. The summed E-state index contributed by atoms with van der Waals surface area (Å²) in [6, 6.07) is 12.8. The van der Waals surface area contributed by atoms with Gasteiger partial charge in [-0.1, -0.05) is 12.1 Å². The minimum atomic E-state index is -1.07. The number of carbonyl (C=O) groups excluding carboxylic acids is 3. The summed E-state index contributed by atoms with van der Waals surface area (Å²) in [6.45, 7) is 1.37. The largest absolute Gasteiger partial charge is 0.497 e. The minimum absolute atomic E-state index is 0.123. The van der Waals surface area contributed by atoms with Gasteiger partial charge in [-0.25, -0.2) is 4.79 Å². The number of methoxy groups -OCH3 is 1. The monoisotopic (exact) mass is 342 g/mol. The lowest BCUT2D eigenvalue weighted by molar-refractivity contribution is -0.125. The lowest BCUT2D eigenvalue weighted by Crippen LogP contribution is -2.30. The van der Waals surface area contributed by atoms with Gasteiger partial charge >= 0.3 is 5.97 Å². The second kappa shape index (κ2) is 7.96. The third kappa shape index (κ3) is 4.57. The zero-order valence-corrected chi connectivity index (χ0v) is 13.8. The first-order valence-corrected chi connectivity index (χ1v) is 7.47. The maximum Gasteiger partial charge on any atom is 0.341 e. The van der Waals surface area contributed by atoms with Gasteiger partial charge in [-0.2, -0.15) is 0 Å². The summed E-state index contributed by atoms with van der Waals surface area (Å²) < 4.78 is 10.0. The van der Waals surface area contributed by atoms with E-state index in [1.54, 1.807) is 42.5 Å². The third-order valence-electron chi connectivity index (χ3n) is 3.43. The minimum Gasteiger partial charge on any atom is -0.497 e. The number of ether oxygens (including phenoxy) is 2. The number of carbonyl (C=O) groups is 3. The molecule has 0 aliphatic rings. The first-order valence-electron chi connectivity index (χ1n) is 7.47. The predicted molar refractivity (Wildman–Crippen MR) is 91.5 cm³/mol. The van der Waals surface area contributed by atoms with Crippen LogP contribution in [0.3, 0.4) is 0 Å². The molecule has 0 aliphatic carbocycles. The molecule has 25 heavy (non-hydrogen) atoms. The average molecular weight is 342 g/mol. The lowest BCUT2D eigenvalue weighted by atomic mass is 10.1. The number of amides is 2. The molecule has 2 aromatic rings. The van der Waals surface area contributed by atoms with Crippen molar-refractivity contribution >= 4 is 23.5 Å². The Bertz CT molecular complexity index is 786. The van der Waals surface area contributed by atoms with Gasteiger partial charge in [-0.3, -0.25) is 9.59 Å². The van der Waals surface area contributed by atoms with E-state index in [9.17, 15) is 14.4 Å². The van der Waals surface area contributed by atoms with Gasteiger partial charge in [0.05, 0.1) is 18.4 Å². The number of nitrogens with one attached hydrogen (secondary N) is 1. The van der Waals surface area contributed by atoms with Crippen LogP contribution < -0.4 is 15.8 Å². The highest BCUT2D eigenvalue weighted by Crippen LogP contribution is 2.19. The van der Waals surface area contributed by atoms with E-state index in [1.165, 1.54) is 20.1 Å². The molecule has 0 fully saturated rings. The summed E-state index contributed by atoms with van der Waals surface area (Å²) in [5.74, 6) is -1.28. The average Bonchev–Trinajstić information content (AvgIpc) is 2.62. The van der Waals surface area contributed by atoms with Crippen molar-refractivity contribution in [1.82, 2.24) is 0 Å². The number of hydrogen-bond donors (Lipinski definition) is 2. The molecule has 7 nitrogen and oxygen atoms in total. The van der Waals surface area contributed by atoms with Gasteiger partial charge in [0.25, 0.3) is 11.8 Å². The third-order valence-corrected chi connectivity index (χ3v) is 3.43. The van der Waals surface area contributed by atoms with Crippen LogP contribution in [0, 0.1) is 0 Å². The molecular formula is C18H18N2O5. The number of esters is 1. The molecule has 3 N–H and O–H groups in total. The molecular weight excluding hydrogens is 324 g/mol. The summed E-state index contributed by atoms with van der Waals surface area (Å²) >= 11 is 0. The van der Waals surface area contributed by atoms with Gasteiger partial charge in [0.15, 0.2) is 6.10 Å². The molecule has 0 aromatic heterocycles. The van der Waals surface area contributed by atoms with Gasteiger partial charge in [-0.05, 0) is 43.3 Å². The van der Waals surface area contributed by atoms with E-state index in [4.69, 9.17) is 15.2 Å². The van der Waals surface area contributed by atoms with Crippen LogP contribution in [-0.2, 0) is 9.53 Å². The maximum atomic E-state index is 12.3. The molecule has 2 aromatic carbocycles. The van der Waals surface area contributed by atoms with Crippen molar-refractivity contribution in [2.75, 3.05) is 12.4 Å². The fraction of sp³-hybridized carbons (Fsp3) is 0.167. The number of hydrogen-bond acceptors (Lipinski definition) is 5. The molecule has 2 amide bonds. The second-order valence-corrected chi connectivity index (χ2v) is 5.18. The molecule has 0 saturated carbocycles. The predicted octanol–water partition coefficient (Wildman–Crippen LogP) is 1.98. The Hall–Kier alpha value is -3.35. The molecule has 2 rings (SSSR count). The van der Waals surface area contributed by atoms with Crippen molar-refractivity contribution in [3.63, 3.8) is 0 Å². The standard InChI is InChI=1S/C18H18N2O5/c1-11(16(19)21)25-18(23)14-5-3-4-6-15(14)20-17(22)12-7-9-13(24-2)10-8-12/h3-11H,1-2H3,(H2,19,21)(H,20,22)/t11-/m1/s1. The van der Waals surface area contributed by atoms with Gasteiger partial charge < -0.3 is 20.5 Å². The molecule has 0 spiro atoms. The lowest BCUT2D eigenvalue weighted by Gasteiger charge is -2.13. The van der Waals surface area contributed by atoms with Crippen molar-refractivity contribution in [3.8, 4) is 5.75 Å². The van der Waals surface area contributed by atoms with Crippen molar-refractivity contribution < 1.29 is 23.9 Å². The number of para-hydroxylation sites is 1. The van der Waals surface area contributed by atoms with E-state index in [0.717, 1.165) is 0 Å². The van der Waals surface area contributed by atoms with E-state index in [0.29, 0.717) is 11.3 Å². The zero-order chi connectivity index (χ0) is 18.4. The van der Waals surface area contributed by atoms with Crippen LogP contribution in [0.1, 0.15) is 27.6 Å². The Morgan fingerprint density at radius 2 is 1.68 bits per heavy atom. The summed E-state index contributed by atoms with van der Waals surface area (Å²) in [7, 11) is 1.53. The molecule has 7 heteroatoms. The summed E-state index contributed by atoms with van der Waals surface area (Å²) in [6.07, 6.45) is -1.07. The summed E-state index contributed by atoms with van der Waals surface area (Å²) in [4.78, 5) is 35.6. The molecule has 0 heterocycles. The number of benzene rings is 2. The molecule has 0 unspecified atom stereocenters. The van der Waals surface area contributed by atoms with Crippen molar-refractivity contribution in [2.45, 2.75) is 13.0 Å². The highest BCUT2D eigenvalue weighted by atomic mass is 16.5. The molecule has 0 aliphatic heterocycles. The summed E-state index contributed by atoms with van der Waals surface area (Å²) in [5.41, 5.74) is 5.87. The number of nitrogens with two attached hydrogens (primary N) is 1. The smallest absolute Gasteiger partial charge is 0.341 e. The Kier molecular flexibility index (Phi) is 5.73. The van der Waals surface area contributed by atoms with E-state index in [1.807, 2.05) is 0 Å². The highest BCUT2D eigenvalue weighted by Gasteiger charge is 2.19. The first-order chi connectivity index (χ1) is 11.9. The van der Waals surface area contributed by atoms with Gasteiger partial charge in [0.1, 0.15) is 5.75 Å². The van der Waals surface area contributed by atoms with Crippen LogP contribution in [0.25, 0.3) is 0 Å². The van der Waals surface area contributed by atoms with Gasteiger partial charge in [0, 0.05) is 5.56 Å². The second-order valence-electron chi connectivity index (χ2n) is 5.18. The molecule has 0 bridgehead atoms. The number of anilines is 1.